The smallest absolute Gasteiger partial charge is 0.306 e. The summed E-state index contributed by atoms with van der Waals surface area (Å²) in [5.74, 6) is -0.117. The molecule has 3 rings (SSSR count). The van der Waals surface area contributed by atoms with Gasteiger partial charge in [0.1, 0.15) is 5.82 Å². The highest BCUT2D eigenvalue weighted by Gasteiger charge is 2.25. The summed E-state index contributed by atoms with van der Waals surface area (Å²) in [5, 5.41) is 20.8. The van der Waals surface area contributed by atoms with Gasteiger partial charge in [-0.25, -0.2) is 0 Å². The number of nitrogens with zero attached hydrogens (tertiary/aromatic N) is 2. The molecule has 1 aliphatic rings. The average molecular weight is 297 g/mol. The maximum absolute atomic E-state index is 10.9. The number of carboxylic acid groups (broad SMARTS) is 1. The normalized spacial score (nSPS) is 21.3. The van der Waals surface area contributed by atoms with E-state index in [0.29, 0.717) is 0 Å². The fourth-order valence-electron chi connectivity index (χ4n) is 2.87. The number of hydrogen-bond acceptors (Lipinski definition) is 4. The van der Waals surface area contributed by atoms with Gasteiger partial charge in [0.05, 0.1) is 11.6 Å². The largest absolute Gasteiger partial charge is 0.481 e. The minimum atomic E-state index is -0.676. The fourth-order valence-corrected chi connectivity index (χ4v) is 2.87. The SMILES string of the molecule is O=C(O)C1CCC(Nc2ccc(-c3ccccc3)nn2)CC1. The number of rotatable bonds is 4. The third-order valence-electron chi connectivity index (χ3n) is 4.16. The number of anilines is 1. The van der Waals surface area contributed by atoms with Gasteiger partial charge in [-0.05, 0) is 37.8 Å². The molecule has 5 nitrogen and oxygen atoms in total. The third kappa shape index (κ3) is 3.42. The summed E-state index contributed by atoms with van der Waals surface area (Å²) in [7, 11) is 0. The van der Waals surface area contributed by atoms with E-state index in [0.717, 1.165) is 42.8 Å². The molecule has 0 radical (unpaired) electrons. The summed E-state index contributed by atoms with van der Waals surface area (Å²) in [6.07, 6.45) is 3.17. The molecule has 1 heterocycles. The highest BCUT2D eigenvalue weighted by molar-refractivity contribution is 5.70. The van der Waals surface area contributed by atoms with Crippen molar-refractivity contribution in [3.63, 3.8) is 0 Å². The lowest BCUT2D eigenvalue weighted by Gasteiger charge is -2.27. The van der Waals surface area contributed by atoms with E-state index in [4.69, 9.17) is 5.11 Å². The molecular weight excluding hydrogens is 278 g/mol. The molecular formula is C17H19N3O2. The van der Waals surface area contributed by atoms with Gasteiger partial charge in [-0.3, -0.25) is 4.79 Å². The zero-order valence-electron chi connectivity index (χ0n) is 12.3. The van der Waals surface area contributed by atoms with Gasteiger partial charge in [-0.2, -0.15) is 0 Å². The summed E-state index contributed by atoms with van der Waals surface area (Å²) in [5.41, 5.74) is 1.89. The molecule has 0 spiro atoms. The number of aliphatic carboxylic acids is 1. The first-order valence-electron chi connectivity index (χ1n) is 7.61. The van der Waals surface area contributed by atoms with Crippen LogP contribution in [-0.4, -0.2) is 27.3 Å². The Morgan fingerprint density at radius 2 is 1.73 bits per heavy atom. The van der Waals surface area contributed by atoms with Crippen LogP contribution in [0.25, 0.3) is 11.3 Å². The lowest BCUT2D eigenvalue weighted by molar-refractivity contribution is -0.142. The number of benzene rings is 1. The van der Waals surface area contributed by atoms with Crippen LogP contribution in [0, 0.1) is 5.92 Å². The Hall–Kier alpha value is -2.43. The fraction of sp³-hybridized carbons (Fsp3) is 0.353. The van der Waals surface area contributed by atoms with Crippen LogP contribution in [0.2, 0.25) is 0 Å². The second kappa shape index (κ2) is 6.56. The molecule has 22 heavy (non-hydrogen) atoms. The first kappa shape index (κ1) is 14.5. The molecule has 0 unspecified atom stereocenters. The molecule has 0 bridgehead atoms. The van der Waals surface area contributed by atoms with Crippen molar-refractivity contribution in [3.05, 3.63) is 42.5 Å². The Kier molecular flexibility index (Phi) is 4.32. The van der Waals surface area contributed by atoms with Crippen molar-refractivity contribution >= 4 is 11.8 Å². The lowest BCUT2D eigenvalue weighted by atomic mass is 9.86. The maximum atomic E-state index is 10.9. The molecule has 1 aromatic heterocycles. The highest BCUT2D eigenvalue weighted by atomic mass is 16.4. The molecule has 1 aliphatic carbocycles. The average Bonchev–Trinajstić information content (AvgIpc) is 2.57. The summed E-state index contributed by atoms with van der Waals surface area (Å²) in [6, 6.07) is 14.1. The summed E-state index contributed by atoms with van der Waals surface area (Å²) < 4.78 is 0. The topological polar surface area (TPSA) is 75.1 Å². The van der Waals surface area contributed by atoms with Crippen LogP contribution in [-0.2, 0) is 4.79 Å². The summed E-state index contributed by atoms with van der Waals surface area (Å²) in [6.45, 7) is 0. The van der Waals surface area contributed by atoms with E-state index in [2.05, 4.69) is 15.5 Å². The van der Waals surface area contributed by atoms with Crippen molar-refractivity contribution in [2.24, 2.45) is 5.92 Å². The summed E-state index contributed by atoms with van der Waals surface area (Å²) in [4.78, 5) is 10.9. The molecule has 114 valence electrons. The number of hydrogen-bond donors (Lipinski definition) is 2. The van der Waals surface area contributed by atoms with E-state index in [1.807, 2.05) is 42.5 Å². The first-order chi connectivity index (χ1) is 10.7. The van der Waals surface area contributed by atoms with Gasteiger partial charge >= 0.3 is 5.97 Å². The standard InChI is InChI=1S/C17H19N3O2/c21-17(22)13-6-8-14(9-7-13)18-16-11-10-15(19-20-16)12-4-2-1-3-5-12/h1-5,10-11,13-14H,6-9H2,(H,18,20)(H,21,22). The van der Waals surface area contributed by atoms with E-state index < -0.39 is 5.97 Å². The third-order valence-corrected chi connectivity index (χ3v) is 4.16. The molecule has 1 fully saturated rings. The minimum Gasteiger partial charge on any atom is -0.481 e. The van der Waals surface area contributed by atoms with Crippen molar-refractivity contribution in [3.8, 4) is 11.3 Å². The Morgan fingerprint density at radius 3 is 2.32 bits per heavy atom. The summed E-state index contributed by atoms with van der Waals surface area (Å²) >= 11 is 0. The van der Waals surface area contributed by atoms with Gasteiger partial charge in [-0.15, -0.1) is 10.2 Å². The molecule has 2 aromatic rings. The van der Waals surface area contributed by atoms with E-state index in [1.54, 1.807) is 0 Å². The highest BCUT2D eigenvalue weighted by Crippen LogP contribution is 2.26. The molecule has 1 saturated carbocycles. The van der Waals surface area contributed by atoms with E-state index >= 15 is 0 Å². The van der Waals surface area contributed by atoms with Gasteiger partial charge in [0.2, 0.25) is 0 Å². The zero-order valence-corrected chi connectivity index (χ0v) is 12.3. The van der Waals surface area contributed by atoms with Crippen LogP contribution in [0.15, 0.2) is 42.5 Å². The van der Waals surface area contributed by atoms with Crippen LogP contribution >= 0.6 is 0 Å². The maximum Gasteiger partial charge on any atom is 0.306 e. The van der Waals surface area contributed by atoms with Crippen LogP contribution in [0.5, 0.6) is 0 Å². The van der Waals surface area contributed by atoms with Crippen molar-refractivity contribution in [1.82, 2.24) is 10.2 Å². The van der Waals surface area contributed by atoms with Gasteiger partial charge in [0.25, 0.3) is 0 Å². The van der Waals surface area contributed by atoms with Crippen LogP contribution < -0.4 is 5.32 Å². The predicted molar refractivity (Wildman–Crippen MR) is 84.5 cm³/mol. The zero-order chi connectivity index (χ0) is 15.4. The van der Waals surface area contributed by atoms with Crippen molar-refractivity contribution in [2.75, 3.05) is 5.32 Å². The van der Waals surface area contributed by atoms with Gasteiger partial charge in [0, 0.05) is 11.6 Å². The second-order valence-corrected chi connectivity index (χ2v) is 5.70. The van der Waals surface area contributed by atoms with E-state index in [1.165, 1.54) is 0 Å². The van der Waals surface area contributed by atoms with Gasteiger partial charge in [-0.1, -0.05) is 30.3 Å². The number of carbonyl (C=O) groups is 1. The first-order valence-corrected chi connectivity index (χ1v) is 7.61. The van der Waals surface area contributed by atoms with Crippen molar-refractivity contribution in [1.29, 1.82) is 0 Å². The van der Waals surface area contributed by atoms with Crippen LogP contribution in [0.3, 0.4) is 0 Å². The van der Waals surface area contributed by atoms with Crippen molar-refractivity contribution in [2.45, 2.75) is 31.7 Å². The molecule has 2 N–H and O–H groups in total. The minimum absolute atomic E-state index is 0.190. The van der Waals surface area contributed by atoms with Crippen LogP contribution in [0.1, 0.15) is 25.7 Å². The molecule has 0 aliphatic heterocycles. The molecule has 0 atom stereocenters. The quantitative estimate of drug-likeness (QED) is 0.906. The second-order valence-electron chi connectivity index (χ2n) is 5.70. The molecule has 5 heteroatoms. The lowest BCUT2D eigenvalue weighted by Crippen LogP contribution is -2.29. The Bertz CT molecular complexity index is 620. The monoisotopic (exact) mass is 297 g/mol. The van der Waals surface area contributed by atoms with Crippen LogP contribution in [0.4, 0.5) is 5.82 Å². The molecule has 0 saturated heterocycles. The Balaban J connectivity index is 1.59. The Morgan fingerprint density at radius 1 is 1.00 bits per heavy atom. The molecule has 0 amide bonds. The number of carboxylic acids is 1. The van der Waals surface area contributed by atoms with E-state index in [-0.39, 0.29) is 12.0 Å². The number of aromatic nitrogens is 2. The predicted octanol–water partition coefficient (Wildman–Crippen LogP) is 3.20. The van der Waals surface area contributed by atoms with Gasteiger partial charge in [0.15, 0.2) is 0 Å². The van der Waals surface area contributed by atoms with Gasteiger partial charge < -0.3 is 10.4 Å². The van der Waals surface area contributed by atoms with E-state index in [9.17, 15) is 4.79 Å². The van der Waals surface area contributed by atoms with Crippen molar-refractivity contribution < 1.29 is 9.90 Å². The Labute approximate surface area is 129 Å². The number of nitrogens with one attached hydrogen (secondary N) is 1. The molecule has 1 aromatic carbocycles.